The highest BCUT2D eigenvalue weighted by molar-refractivity contribution is 5.91. The van der Waals surface area contributed by atoms with Gasteiger partial charge in [-0.05, 0) is 35.9 Å². The van der Waals surface area contributed by atoms with Gasteiger partial charge in [-0.3, -0.25) is 0 Å². The van der Waals surface area contributed by atoms with Gasteiger partial charge in [0.1, 0.15) is 5.82 Å². The first-order valence-corrected chi connectivity index (χ1v) is 7.97. The second-order valence-corrected chi connectivity index (χ2v) is 6.16. The Bertz CT molecular complexity index is 765. The van der Waals surface area contributed by atoms with E-state index >= 15 is 0 Å². The molecule has 2 aromatic rings. The van der Waals surface area contributed by atoms with Gasteiger partial charge in [-0.25, -0.2) is 9.18 Å². The van der Waals surface area contributed by atoms with Crippen molar-refractivity contribution in [2.45, 2.75) is 18.0 Å². The number of hydrogen-bond acceptors (Lipinski definition) is 3. The van der Waals surface area contributed by atoms with Crippen LogP contribution in [-0.4, -0.2) is 41.3 Å². The molecule has 0 spiro atoms. The highest BCUT2D eigenvalue weighted by Crippen LogP contribution is 2.46. The predicted octanol–water partition coefficient (Wildman–Crippen LogP) is 2.61. The van der Waals surface area contributed by atoms with Gasteiger partial charge in [0, 0.05) is 23.8 Å². The van der Waals surface area contributed by atoms with Crippen molar-refractivity contribution < 1.29 is 14.3 Å². The molecule has 0 saturated carbocycles. The SMILES string of the molecule is O=C(Nc1ccc(F)cc1)N1[C@@H](CO)[C@@H]2c3ccccc3NC[C@@H]21. The van der Waals surface area contributed by atoms with Gasteiger partial charge in [0.15, 0.2) is 0 Å². The predicted molar refractivity (Wildman–Crippen MR) is 89.6 cm³/mol. The topological polar surface area (TPSA) is 64.6 Å². The first-order chi connectivity index (χ1) is 11.7. The van der Waals surface area contributed by atoms with Crippen LogP contribution in [0.3, 0.4) is 0 Å². The summed E-state index contributed by atoms with van der Waals surface area (Å²) in [6, 6.07) is 13.1. The van der Waals surface area contributed by atoms with Gasteiger partial charge in [-0.2, -0.15) is 0 Å². The molecule has 2 aliphatic heterocycles. The van der Waals surface area contributed by atoms with E-state index in [0.29, 0.717) is 12.2 Å². The van der Waals surface area contributed by atoms with E-state index < -0.39 is 0 Å². The Morgan fingerprint density at radius 2 is 2.00 bits per heavy atom. The van der Waals surface area contributed by atoms with Gasteiger partial charge < -0.3 is 20.6 Å². The number of nitrogens with zero attached hydrogens (tertiary/aromatic N) is 1. The summed E-state index contributed by atoms with van der Waals surface area (Å²) in [5.41, 5.74) is 2.74. The molecule has 3 atom stereocenters. The largest absolute Gasteiger partial charge is 0.394 e. The zero-order chi connectivity index (χ0) is 16.7. The van der Waals surface area contributed by atoms with E-state index in [9.17, 15) is 14.3 Å². The molecule has 24 heavy (non-hydrogen) atoms. The molecular weight excluding hydrogens is 309 g/mol. The van der Waals surface area contributed by atoms with E-state index in [-0.39, 0.29) is 36.5 Å². The van der Waals surface area contributed by atoms with Crippen molar-refractivity contribution in [3.05, 3.63) is 59.9 Å². The van der Waals surface area contributed by atoms with Crippen molar-refractivity contribution in [2.24, 2.45) is 0 Å². The number of aliphatic hydroxyl groups excluding tert-OH is 1. The summed E-state index contributed by atoms with van der Waals surface area (Å²) >= 11 is 0. The number of amides is 2. The van der Waals surface area contributed by atoms with E-state index in [1.54, 1.807) is 4.90 Å². The molecule has 4 rings (SSSR count). The molecule has 2 aliphatic rings. The molecule has 0 unspecified atom stereocenters. The minimum absolute atomic E-state index is 0.00232. The maximum Gasteiger partial charge on any atom is 0.322 e. The Hall–Kier alpha value is -2.60. The number of hydrogen-bond donors (Lipinski definition) is 3. The summed E-state index contributed by atoms with van der Waals surface area (Å²) in [6.45, 7) is 0.557. The van der Waals surface area contributed by atoms with Crippen LogP contribution in [0.4, 0.5) is 20.6 Å². The molecule has 0 radical (unpaired) electrons. The molecule has 1 fully saturated rings. The molecule has 124 valence electrons. The third kappa shape index (κ3) is 2.30. The molecule has 0 aromatic heterocycles. The van der Waals surface area contributed by atoms with Crippen molar-refractivity contribution in [3.8, 4) is 0 Å². The fourth-order valence-corrected chi connectivity index (χ4v) is 3.77. The summed E-state index contributed by atoms with van der Waals surface area (Å²) in [5.74, 6) is -0.218. The average Bonchev–Trinajstić information content (AvgIpc) is 2.57. The number of likely N-dealkylation sites (tertiary alicyclic amines) is 1. The minimum atomic E-state index is -0.349. The fourth-order valence-electron chi connectivity index (χ4n) is 3.77. The number of carbonyl (C=O) groups excluding carboxylic acids is 1. The monoisotopic (exact) mass is 327 g/mol. The summed E-state index contributed by atoms with van der Waals surface area (Å²) < 4.78 is 13.0. The Kier molecular flexibility index (Phi) is 3.61. The molecule has 1 saturated heterocycles. The Morgan fingerprint density at radius 3 is 2.75 bits per heavy atom. The molecular formula is C18H18FN3O2. The number of anilines is 2. The number of halogens is 1. The number of para-hydroxylation sites is 1. The Labute approximate surface area is 139 Å². The maximum absolute atomic E-state index is 13.0. The van der Waals surface area contributed by atoms with Crippen LogP contribution < -0.4 is 10.6 Å². The molecule has 5 nitrogen and oxygen atoms in total. The molecule has 2 amide bonds. The second-order valence-electron chi connectivity index (χ2n) is 6.16. The zero-order valence-corrected chi connectivity index (χ0v) is 12.9. The molecule has 2 aromatic carbocycles. The summed E-state index contributed by atoms with van der Waals surface area (Å²) in [6.07, 6.45) is 0. The van der Waals surface area contributed by atoms with Crippen LogP contribution in [0, 0.1) is 5.82 Å². The lowest BCUT2D eigenvalue weighted by Crippen LogP contribution is -2.69. The number of fused-ring (bicyclic) bond motifs is 3. The lowest BCUT2D eigenvalue weighted by atomic mass is 9.73. The summed E-state index contributed by atoms with van der Waals surface area (Å²) in [7, 11) is 0. The molecule has 0 bridgehead atoms. The van der Waals surface area contributed by atoms with Crippen LogP contribution in [0.15, 0.2) is 48.5 Å². The van der Waals surface area contributed by atoms with Gasteiger partial charge in [-0.15, -0.1) is 0 Å². The maximum atomic E-state index is 13.0. The first kappa shape index (κ1) is 15.0. The van der Waals surface area contributed by atoms with E-state index in [4.69, 9.17) is 0 Å². The van der Waals surface area contributed by atoms with E-state index in [1.807, 2.05) is 24.3 Å². The number of nitrogens with one attached hydrogen (secondary N) is 2. The quantitative estimate of drug-likeness (QED) is 0.794. The minimum Gasteiger partial charge on any atom is -0.394 e. The third-order valence-corrected chi connectivity index (χ3v) is 4.88. The van der Waals surface area contributed by atoms with Crippen molar-refractivity contribution in [1.82, 2.24) is 4.90 Å². The van der Waals surface area contributed by atoms with Crippen LogP contribution in [-0.2, 0) is 0 Å². The summed E-state index contributed by atoms with van der Waals surface area (Å²) in [4.78, 5) is 14.3. The van der Waals surface area contributed by atoms with E-state index in [0.717, 1.165) is 11.3 Å². The van der Waals surface area contributed by atoms with Gasteiger partial charge in [0.05, 0.1) is 18.7 Å². The molecule has 2 heterocycles. The average molecular weight is 327 g/mol. The standard InChI is InChI=1S/C18H18FN3O2/c19-11-5-7-12(8-6-11)21-18(24)22-15-9-20-14-4-2-1-3-13(14)17(15)16(22)10-23/h1-8,15-17,20,23H,9-10H2,(H,21,24)/t15-,16-,17+/m0/s1. The summed E-state index contributed by atoms with van der Waals surface area (Å²) in [5, 5.41) is 15.9. The highest BCUT2D eigenvalue weighted by Gasteiger charge is 2.53. The Morgan fingerprint density at radius 1 is 1.25 bits per heavy atom. The van der Waals surface area contributed by atoms with Gasteiger partial charge >= 0.3 is 6.03 Å². The van der Waals surface area contributed by atoms with Crippen molar-refractivity contribution in [2.75, 3.05) is 23.8 Å². The van der Waals surface area contributed by atoms with Crippen LogP contribution in [0.2, 0.25) is 0 Å². The van der Waals surface area contributed by atoms with E-state index in [1.165, 1.54) is 24.3 Å². The normalized spacial score (nSPS) is 24.2. The number of rotatable bonds is 2. The molecule has 6 heteroatoms. The van der Waals surface area contributed by atoms with Crippen molar-refractivity contribution in [1.29, 1.82) is 0 Å². The zero-order valence-electron chi connectivity index (χ0n) is 12.9. The lowest BCUT2D eigenvalue weighted by Gasteiger charge is -2.57. The highest BCUT2D eigenvalue weighted by atomic mass is 19.1. The smallest absolute Gasteiger partial charge is 0.322 e. The van der Waals surface area contributed by atoms with Crippen LogP contribution in [0.5, 0.6) is 0 Å². The molecule has 0 aliphatic carbocycles. The van der Waals surface area contributed by atoms with E-state index in [2.05, 4.69) is 10.6 Å². The molecule has 3 N–H and O–H groups in total. The first-order valence-electron chi connectivity index (χ1n) is 7.97. The van der Waals surface area contributed by atoms with Gasteiger partial charge in [-0.1, -0.05) is 18.2 Å². The van der Waals surface area contributed by atoms with Crippen molar-refractivity contribution >= 4 is 17.4 Å². The third-order valence-electron chi connectivity index (χ3n) is 4.88. The number of carbonyl (C=O) groups is 1. The number of aliphatic hydroxyl groups is 1. The van der Waals surface area contributed by atoms with Gasteiger partial charge in [0.25, 0.3) is 0 Å². The number of urea groups is 1. The van der Waals surface area contributed by atoms with Gasteiger partial charge in [0.2, 0.25) is 0 Å². The second kappa shape index (κ2) is 5.79. The van der Waals surface area contributed by atoms with Crippen LogP contribution in [0.1, 0.15) is 11.5 Å². The lowest BCUT2D eigenvalue weighted by molar-refractivity contribution is 0.000872. The van der Waals surface area contributed by atoms with Crippen LogP contribution >= 0.6 is 0 Å². The Balaban J connectivity index is 1.54. The van der Waals surface area contributed by atoms with Crippen molar-refractivity contribution in [3.63, 3.8) is 0 Å². The van der Waals surface area contributed by atoms with Crippen LogP contribution in [0.25, 0.3) is 0 Å². The fraction of sp³-hybridized carbons (Fsp3) is 0.278. The number of benzene rings is 2.